The lowest BCUT2D eigenvalue weighted by Gasteiger charge is -2.54. The number of anilines is 1. The van der Waals surface area contributed by atoms with E-state index < -0.39 is 0 Å². The van der Waals surface area contributed by atoms with E-state index in [4.69, 9.17) is 5.73 Å². The summed E-state index contributed by atoms with van der Waals surface area (Å²) in [6.45, 7) is 4.35. The molecule has 1 aromatic heterocycles. The number of rotatable bonds is 3. The summed E-state index contributed by atoms with van der Waals surface area (Å²) >= 11 is 0. The van der Waals surface area contributed by atoms with Gasteiger partial charge in [0.05, 0.1) is 6.20 Å². The van der Waals surface area contributed by atoms with Gasteiger partial charge in [0, 0.05) is 12.0 Å². The maximum absolute atomic E-state index is 6.12. The normalized spacial score (nSPS) is 38.6. The minimum atomic E-state index is 0.400. The summed E-state index contributed by atoms with van der Waals surface area (Å²) in [5.74, 6) is 5.96. The molecule has 4 aliphatic carbocycles. The Morgan fingerprint density at radius 1 is 1.15 bits per heavy atom. The van der Waals surface area contributed by atoms with Gasteiger partial charge in [-0.15, -0.1) is 0 Å². The molecule has 0 amide bonds. The molecular formula is C16H26N4. The Hall–Kier alpha value is -1.19. The average molecular weight is 274 g/mol. The van der Waals surface area contributed by atoms with Crippen molar-refractivity contribution in [1.82, 2.24) is 9.66 Å². The lowest BCUT2D eigenvalue weighted by molar-refractivity contribution is 0.00341. The molecule has 4 nitrogen and oxygen atoms in total. The Bertz CT molecular complexity index is 477. The van der Waals surface area contributed by atoms with Gasteiger partial charge in [0.25, 0.3) is 0 Å². The number of nitrogens with zero attached hydrogens (tertiary/aromatic N) is 2. The van der Waals surface area contributed by atoms with Gasteiger partial charge in [-0.05, 0) is 55.8 Å². The van der Waals surface area contributed by atoms with Crippen molar-refractivity contribution in [3.63, 3.8) is 0 Å². The molecular weight excluding hydrogens is 248 g/mol. The van der Waals surface area contributed by atoms with Crippen LogP contribution in [-0.4, -0.2) is 15.7 Å². The SMILES string of the molecule is CC(C)c1ncc(N)n1NC1C2CC3CC(C2)CC1C3. The zero-order valence-corrected chi connectivity index (χ0v) is 12.5. The van der Waals surface area contributed by atoms with Crippen LogP contribution < -0.4 is 11.2 Å². The third-order valence-electron chi connectivity index (χ3n) is 5.84. The van der Waals surface area contributed by atoms with E-state index in [0.717, 1.165) is 35.3 Å². The second-order valence-corrected chi connectivity index (χ2v) is 7.62. The molecule has 1 aromatic rings. The fraction of sp³-hybridized carbons (Fsp3) is 0.812. The Morgan fingerprint density at radius 2 is 1.75 bits per heavy atom. The van der Waals surface area contributed by atoms with E-state index in [1.807, 2.05) is 0 Å². The van der Waals surface area contributed by atoms with E-state index >= 15 is 0 Å². The van der Waals surface area contributed by atoms with Crippen molar-refractivity contribution in [2.75, 3.05) is 11.2 Å². The van der Waals surface area contributed by atoms with E-state index in [1.165, 1.54) is 32.1 Å². The van der Waals surface area contributed by atoms with Crippen LogP contribution in [0, 0.1) is 23.7 Å². The Labute approximate surface area is 121 Å². The summed E-state index contributed by atoms with van der Waals surface area (Å²) in [6, 6.07) is 0.608. The molecule has 4 bridgehead atoms. The van der Waals surface area contributed by atoms with Gasteiger partial charge in [0.1, 0.15) is 11.6 Å². The maximum Gasteiger partial charge on any atom is 0.142 e. The minimum absolute atomic E-state index is 0.400. The van der Waals surface area contributed by atoms with Crippen LogP contribution in [-0.2, 0) is 0 Å². The fourth-order valence-corrected chi connectivity index (χ4v) is 5.21. The van der Waals surface area contributed by atoms with Gasteiger partial charge in [-0.2, -0.15) is 0 Å². The van der Waals surface area contributed by atoms with Gasteiger partial charge in [0.2, 0.25) is 0 Å². The van der Waals surface area contributed by atoms with Crippen LogP contribution >= 0.6 is 0 Å². The number of aromatic nitrogens is 2. The molecule has 4 heteroatoms. The zero-order chi connectivity index (χ0) is 13.9. The van der Waals surface area contributed by atoms with Gasteiger partial charge >= 0.3 is 0 Å². The highest BCUT2D eigenvalue weighted by molar-refractivity contribution is 5.31. The van der Waals surface area contributed by atoms with Crippen LogP contribution in [0.2, 0.25) is 0 Å². The first-order valence-corrected chi connectivity index (χ1v) is 8.21. The summed E-state index contributed by atoms with van der Waals surface area (Å²) in [4.78, 5) is 4.47. The molecule has 0 spiro atoms. The maximum atomic E-state index is 6.12. The number of nitrogen functional groups attached to an aromatic ring is 1. The van der Waals surface area contributed by atoms with Gasteiger partial charge < -0.3 is 11.2 Å². The largest absolute Gasteiger partial charge is 0.382 e. The molecule has 4 fully saturated rings. The quantitative estimate of drug-likeness (QED) is 0.891. The van der Waals surface area contributed by atoms with E-state index in [2.05, 4.69) is 28.9 Å². The molecule has 0 radical (unpaired) electrons. The van der Waals surface area contributed by atoms with E-state index in [1.54, 1.807) is 6.20 Å². The smallest absolute Gasteiger partial charge is 0.142 e. The molecule has 4 saturated carbocycles. The Kier molecular flexibility index (Phi) is 2.76. The predicted octanol–water partition coefficient (Wildman–Crippen LogP) is 2.96. The van der Waals surface area contributed by atoms with Crippen molar-refractivity contribution in [3.05, 3.63) is 12.0 Å². The summed E-state index contributed by atoms with van der Waals surface area (Å²) < 4.78 is 2.07. The lowest BCUT2D eigenvalue weighted by Crippen LogP contribution is -2.53. The molecule has 0 aliphatic heterocycles. The van der Waals surface area contributed by atoms with Crippen molar-refractivity contribution in [2.24, 2.45) is 23.7 Å². The number of hydrogen-bond acceptors (Lipinski definition) is 3. The number of nitrogens with one attached hydrogen (secondary N) is 1. The molecule has 110 valence electrons. The van der Waals surface area contributed by atoms with Crippen LogP contribution in [0.1, 0.15) is 57.7 Å². The molecule has 0 aromatic carbocycles. The lowest BCUT2D eigenvalue weighted by atomic mass is 9.54. The molecule has 0 unspecified atom stereocenters. The highest BCUT2D eigenvalue weighted by atomic mass is 15.5. The van der Waals surface area contributed by atoms with Crippen LogP contribution in [0.4, 0.5) is 5.82 Å². The van der Waals surface area contributed by atoms with Gasteiger partial charge in [-0.1, -0.05) is 13.8 Å². The third kappa shape index (κ3) is 1.84. The van der Waals surface area contributed by atoms with E-state index in [0.29, 0.717) is 12.0 Å². The van der Waals surface area contributed by atoms with Gasteiger partial charge in [0.15, 0.2) is 0 Å². The van der Waals surface area contributed by atoms with Gasteiger partial charge in [-0.3, -0.25) is 0 Å². The first kappa shape index (κ1) is 12.5. The van der Waals surface area contributed by atoms with Crippen LogP contribution in [0.3, 0.4) is 0 Å². The molecule has 0 atom stereocenters. The topological polar surface area (TPSA) is 55.9 Å². The van der Waals surface area contributed by atoms with Crippen LogP contribution in [0.5, 0.6) is 0 Å². The standard InChI is InChI=1S/C16H26N4/c1-9(2)16-18-8-14(17)20(16)19-15-12-4-10-3-11(6-12)7-13(15)5-10/h8-13,15,19H,3-7,17H2,1-2H3. The summed E-state index contributed by atoms with van der Waals surface area (Å²) in [6.07, 6.45) is 9.00. The summed E-state index contributed by atoms with van der Waals surface area (Å²) in [5, 5.41) is 0. The second-order valence-electron chi connectivity index (χ2n) is 7.62. The van der Waals surface area contributed by atoms with Crippen LogP contribution in [0.15, 0.2) is 6.20 Å². The number of imidazole rings is 1. The summed E-state index contributed by atoms with van der Waals surface area (Å²) in [7, 11) is 0. The molecule has 3 N–H and O–H groups in total. The van der Waals surface area contributed by atoms with Crippen molar-refractivity contribution < 1.29 is 0 Å². The number of nitrogens with two attached hydrogens (primary N) is 1. The highest BCUT2D eigenvalue weighted by Gasteiger charge is 2.48. The molecule has 4 aliphatic rings. The molecule has 20 heavy (non-hydrogen) atoms. The van der Waals surface area contributed by atoms with E-state index in [9.17, 15) is 0 Å². The highest BCUT2D eigenvalue weighted by Crippen LogP contribution is 2.54. The fourth-order valence-electron chi connectivity index (χ4n) is 5.21. The Morgan fingerprint density at radius 3 is 2.30 bits per heavy atom. The summed E-state index contributed by atoms with van der Waals surface area (Å²) in [5.41, 5.74) is 9.87. The molecule has 1 heterocycles. The molecule has 5 rings (SSSR count). The monoisotopic (exact) mass is 274 g/mol. The Balaban J connectivity index is 1.59. The van der Waals surface area contributed by atoms with E-state index in [-0.39, 0.29) is 0 Å². The first-order valence-electron chi connectivity index (χ1n) is 8.21. The first-order chi connectivity index (χ1) is 9.61. The van der Waals surface area contributed by atoms with Crippen LogP contribution in [0.25, 0.3) is 0 Å². The predicted molar refractivity (Wildman–Crippen MR) is 80.9 cm³/mol. The minimum Gasteiger partial charge on any atom is -0.382 e. The van der Waals surface area contributed by atoms with Crippen molar-refractivity contribution in [3.8, 4) is 0 Å². The zero-order valence-electron chi connectivity index (χ0n) is 12.5. The van der Waals surface area contributed by atoms with Crippen molar-refractivity contribution in [2.45, 2.75) is 57.9 Å². The van der Waals surface area contributed by atoms with Crippen molar-refractivity contribution >= 4 is 5.82 Å². The second kappa shape index (κ2) is 4.40. The number of hydrogen-bond donors (Lipinski definition) is 2. The third-order valence-corrected chi connectivity index (χ3v) is 5.84. The van der Waals surface area contributed by atoms with Gasteiger partial charge in [-0.25, -0.2) is 9.66 Å². The van der Waals surface area contributed by atoms with Crippen molar-refractivity contribution in [1.29, 1.82) is 0 Å². The molecule has 0 saturated heterocycles. The average Bonchev–Trinajstić information content (AvgIpc) is 2.74.